The summed E-state index contributed by atoms with van der Waals surface area (Å²) in [6.07, 6.45) is 5.04. The van der Waals surface area contributed by atoms with E-state index < -0.39 is 11.7 Å². The van der Waals surface area contributed by atoms with Gasteiger partial charge in [-0.2, -0.15) is 5.10 Å². The number of aromatic nitrogens is 5. The molecule has 1 aromatic carbocycles. The zero-order valence-corrected chi connectivity index (χ0v) is 23.0. The monoisotopic (exact) mass is 530 g/mol. The lowest BCUT2D eigenvalue weighted by atomic mass is 10.1. The average Bonchev–Trinajstić information content (AvgIpc) is 3.49. The number of nitrogens with one attached hydrogen (secondary N) is 1. The summed E-state index contributed by atoms with van der Waals surface area (Å²) in [5.74, 6) is 0.899. The second kappa shape index (κ2) is 10.9. The van der Waals surface area contributed by atoms with Crippen LogP contribution in [0, 0.1) is 6.92 Å². The molecule has 1 amide bonds. The van der Waals surface area contributed by atoms with Gasteiger partial charge in [0, 0.05) is 17.3 Å². The van der Waals surface area contributed by atoms with Crippen LogP contribution in [-0.2, 0) is 17.7 Å². The zero-order valence-electron chi connectivity index (χ0n) is 23.0. The van der Waals surface area contributed by atoms with Crippen molar-refractivity contribution in [2.45, 2.75) is 78.6 Å². The van der Waals surface area contributed by atoms with Crippen molar-refractivity contribution >= 4 is 11.8 Å². The Morgan fingerprint density at radius 3 is 2.62 bits per heavy atom. The Kier molecular flexibility index (Phi) is 7.36. The van der Waals surface area contributed by atoms with Crippen molar-refractivity contribution in [3.05, 3.63) is 59.3 Å². The van der Waals surface area contributed by atoms with Gasteiger partial charge in [-0.15, -0.1) is 10.2 Å². The lowest BCUT2D eigenvalue weighted by molar-refractivity contribution is 0.0636. The second-order valence-electron chi connectivity index (χ2n) is 10.9. The Hall–Kier alpha value is -4.21. The summed E-state index contributed by atoms with van der Waals surface area (Å²) in [5, 5.41) is 16.2. The van der Waals surface area contributed by atoms with Gasteiger partial charge >= 0.3 is 6.09 Å². The quantitative estimate of drug-likeness (QED) is 0.333. The molecule has 1 aliphatic heterocycles. The molecule has 3 aromatic heterocycles. The molecule has 4 heterocycles. The zero-order chi connectivity index (χ0) is 27.6. The SMILES string of the molecule is Cc1cc(NC(=O)OC(C)(C)C)c2nc1O[C@H](C)CCCCc1cn(Cc3ccccc3)nc1-c1nnc-2o1. The Labute approximate surface area is 227 Å². The predicted molar refractivity (Wildman–Crippen MR) is 147 cm³/mol. The molecule has 1 atom stereocenters. The Morgan fingerprint density at radius 2 is 1.87 bits per heavy atom. The van der Waals surface area contributed by atoms with Gasteiger partial charge in [-0.3, -0.25) is 10.00 Å². The van der Waals surface area contributed by atoms with Gasteiger partial charge in [0.2, 0.25) is 5.88 Å². The van der Waals surface area contributed by atoms with Crippen molar-refractivity contribution in [2.75, 3.05) is 5.32 Å². The maximum atomic E-state index is 12.6. The first-order valence-electron chi connectivity index (χ1n) is 13.3. The van der Waals surface area contributed by atoms with Crippen molar-refractivity contribution < 1.29 is 18.7 Å². The molecule has 4 aromatic rings. The molecule has 1 N–H and O–H groups in total. The fourth-order valence-corrected chi connectivity index (χ4v) is 4.48. The highest BCUT2D eigenvalue weighted by molar-refractivity contribution is 5.89. The summed E-state index contributed by atoms with van der Waals surface area (Å²) in [4.78, 5) is 17.3. The van der Waals surface area contributed by atoms with Crippen LogP contribution in [0.5, 0.6) is 5.88 Å². The van der Waals surface area contributed by atoms with Crippen molar-refractivity contribution in [3.63, 3.8) is 0 Å². The molecule has 10 heteroatoms. The molecule has 0 saturated heterocycles. The third kappa shape index (κ3) is 6.45. The van der Waals surface area contributed by atoms with Crippen LogP contribution >= 0.6 is 0 Å². The smallest absolute Gasteiger partial charge is 0.412 e. The minimum atomic E-state index is -0.661. The molecule has 5 rings (SSSR count). The molecule has 0 unspecified atom stereocenters. The normalized spacial score (nSPS) is 15.6. The lowest BCUT2D eigenvalue weighted by Crippen LogP contribution is -2.27. The van der Waals surface area contributed by atoms with E-state index in [0.29, 0.717) is 35.4 Å². The molecule has 1 aliphatic rings. The summed E-state index contributed by atoms with van der Waals surface area (Å²) in [6.45, 7) is 9.96. The molecular formula is C29H34N6O4. The minimum absolute atomic E-state index is 0.0461. The van der Waals surface area contributed by atoms with Gasteiger partial charge in [0.25, 0.3) is 11.8 Å². The number of hydrogen-bond donors (Lipinski definition) is 1. The number of nitrogens with zero attached hydrogens (tertiary/aromatic N) is 5. The molecule has 4 bridgehead atoms. The highest BCUT2D eigenvalue weighted by atomic mass is 16.6. The summed E-state index contributed by atoms with van der Waals surface area (Å²) >= 11 is 0. The predicted octanol–water partition coefficient (Wildman–Crippen LogP) is 6.19. The Bertz CT molecular complexity index is 1450. The van der Waals surface area contributed by atoms with Crippen molar-refractivity contribution in [1.82, 2.24) is 25.0 Å². The number of hydrogen-bond acceptors (Lipinski definition) is 8. The van der Waals surface area contributed by atoms with E-state index in [-0.39, 0.29) is 12.0 Å². The fraction of sp³-hybridized carbons (Fsp3) is 0.414. The van der Waals surface area contributed by atoms with E-state index in [1.54, 1.807) is 26.8 Å². The summed E-state index contributed by atoms with van der Waals surface area (Å²) in [6, 6.07) is 12.0. The van der Waals surface area contributed by atoms with Crippen LogP contribution in [0.25, 0.3) is 23.2 Å². The number of rotatable bonds is 3. The number of benzene rings is 1. The Morgan fingerprint density at radius 1 is 1.13 bits per heavy atom. The van der Waals surface area contributed by atoms with Crippen molar-refractivity contribution in [2.24, 2.45) is 0 Å². The van der Waals surface area contributed by atoms with Gasteiger partial charge in [0.15, 0.2) is 11.4 Å². The molecule has 0 radical (unpaired) electrons. The topological polar surface area (TPSA) is 117 Å². The standard InChI is InChI=1S/C29H34N6O4/c1-18-15-22(30-28(36)39-29(3,4)5)24-27-33-32-26(38-27)23-21(14-10-9-11-19(2)37-25(18)31-24)17-35(34-23)16-20-12-7-6-8-13-20/h6-8,12-13,15,17,19H,9-11,14,16H2,1-5H3,(H,30,36)/t19-/m1/s1. The number of pyridine rings is 1. The van der Waals surface area contributed by atoms with E-state index in [2.05, 4.69) is 33.8 Å². The third-order valence-corrected chi connectivity index (χ3v) is 6.28. The number of aryl methyl sites for hydroxylation is 2. The highest BCUT2D eigenvalue weighted by Gasteiger charge is 2.25. The first-order chi connectivity index (χ1) is 18.6. The van der Waals surface area contributed by atoms with Gasteiger partial charge in [-0.1, -0.05) is 30.3 Å². The highest BCUT2D eigenvalue weighted by Crippen LogP contribution is 2.34. The van der Waals surface area contributed by atoms with E-state index in [1.807, 2.05) is 36.7 Å². The van der Waals surface area contributed by atoms with E-state index in [1.165, 1.54) is 0 Å². The van der Waals surface area contributed by atoms with E-state index >= 15 is 0 Å². The van der Waals surface area contributed by atoms with E-state index in [4.69, 9.17) is 24.0 Å². The number of fused-ring (bicyclic) bond motifs is 7. The minimum Gasteiger partial charge on any atom is -0.474 e. The van der Waals surface area contributed by atoms with Crippen molar-refractivity contribution in [1.29, 1.82) is 0 Å². The third-order valence-electron chi connectivity index (χ3n) is 6.28. The number of amides is 1. The van der Waals surface area contributed by atoms with Gasteiger partial charge in [0.1, 0.15) is 5.60 Å². The van der Waals surface area contributed by atoms with Crippen molar-refractivity contribution in [3.8, 4) is 29.0 Å². The molecule has 0 fully saturated rings. The molecule has 0 aliphatic carbocycles. The number of carbonyl (C=O) groups excluding carboxylic acids is 1. The molecular weight excluding hydrogens is 496 g/mol. The van der Waals surface area contributed by atoms with Crippen LogP contribution in [0.15, 0.2) is 47.0 Å². The number of anilines is 1. The van der Waals surface area contributed by atoms with Crippen LogP contribution in [0.1, 0.15) is 63.6 Å². The first kappa shape index (κ1) is 26.4. The van der Waals surface area contributed by atoms with E-state index in [9.17, 15) is 4.79 Å². The Balaban J connectivity index is 1.55. The largest absolute Gasteiger partial charge is 0.474 e. The van der Waals surface area contributed by atoms with Gasteiger partial charge in [-0.25, -0.2) is 9.78 Å². The molecule has 10 nitrogen and oxygen atoms in total. The molecule has 0 spiro atoms. The van der Waals surface area contributed by atoms with Gasteiger partial charge in [0.05, 0.1) is 18.3 Å². The maximum Gasteiger partial charge on any atom is 0.412 e. The van der Waals surface area contributed by atoms with Gasteiger partial charge < -0.3 is 13.9 Å². The fourth-order valence-electron chi connectivity index (χ4n) is 4.48. The van der Waals surface area contributed by atoms with Crippen LogP contribution < -0.4 is 10.1 Å². The maximum absolute atomic E-state index is 12.6. The van der Waals surface area contributed by atoms with Crippen LogP contribution in [0.2, 0.25) is 0 Å². The van der Waals surface area contributed by atoms with Crippen LogP contribution in [0.3, 0.4) is 0 Å². The summed E-state index contributed by atoms with van der Waals surface area (Å²) < 4.78 is 19.7. The average molecular weight is 531 g/mol. The number of ether oxygens (including phenoxy) is 2. The van der Waals surface area contributed by atoms with Gasteiger partial charge in [-0.05, 0) is 71.9 Å². The lowest BCUT2D eigenvalue weighted by Gasteiger charge is -2.21. The summed E-state index contributed by atoms with van der Waals surface area (Å²) in [7, 11) is 0. The van der Waals surface area contributed by atoms with Crippen LogP contribution in [-0.4, -0.2) is 42.8 Å². The molecule has 204 valence electrons. The summed E-state index contributed by atoms with van der Waals surface area (Å²) in [5.41, 5.74) is 3.64. The molecule has 39 heavy (non-hydrogen) atoms. The van der Waals surface area contributed by atoms with E-state index in [0.717, 1.165) is 42.4 Å². The first-order valence-corrected chi connectivity index (χ1v) is 13.3. The number of carbonyl (C=O) groups is 1. The molecule has 0 saturated carbocycles. The second-order valence-corrected chi connectivity index (χ2v) is 10.9. The van der Waals surface area contributed by atoms with Crippen LogP contribution in [0.4, 0.5) is 10.5 Å².